The van der Waals surface area contributed by atoms with E-state index in [9.17, 15) is 0 Å². The normalized spacial score (nSPS) is 12.0. The van der Waals surface area contributed by atoms with Gasteiger partial charge in [0, 0.05) is 36.5 Å². The lowest BCUT2D eigenvalue weighted by molar-refractivity contribution is -0.137. The fourth-order valence-electron chi connectivity index (χ4n) is 3.32. The van der Waals surface area contributed by atoms with Gasteiger partial charge < -0.3 is 4.90 Å². The van der Waals surface area contributed by atoms with Crippen molar-refractivity contribution in [1.29, 1.82) is 0 Å². The number of hydrogen-bond acceptors (Lipinski definition) is 3. The molecule has 3 aromatic rings. The molecule has 4 heteroatoms. The number of nitrogens with zero attached hydrogens (tertiary/aromatic N) is 2. The van der Waals surface area contributed by atoms with Crippen LogP contribution in [0.25, 0.3) is 11.8 Å². The third-order valence-electron chi connectivity index (χ3n) is 4.87. The second-order valence-corrected chi connectivity index (χ2v) is 7.64. The summed E-state index contributed by atoms with van der Waals surface area (Å²) in [7, 11) is 0. The number of hydrogen-bond donors (Lipinski definition) is 1. The Morgan fingerprint density at radius 1 is 1.03 bits per heavy atom. The smallest absolute Gasteiger partial charge is 0.113 e. The van der Waals surface area contributed by atoms with E-state index in [1.54, 1.807) is 0 Å². The van der Waals surface area contributed by atoms with Gasteiger partial charge in [0.2, 0.25) is 0 Å². The summed E-state index contributed by atoms with van der Waals surface area (Å²) in [4.78, 5) is 7.82. The van der Waals surface area contributed by atoms with Gasteiger partial charge >= 0.3 is 0 Å². The summed E-state index contributed by atoms with van der Waals surface area (Å²) in [5.74, 6) is 6.41. The Hall–Kier alpha value is -3.48. The first kappa shape index (κ1) is 19.8. The Balaban J connectivity index is 1.55. The molecule has 0 bridgehead atoms. The zero-order valence-electron chi connectivity index (χ0n) is 16.6. The molecule has 2 heterocycles. The van der Waals surface area contributed by atoms with E-state index in [2.05, 4.69) is 87.8 Å². The van der Waals surface area contributed by atoms with Crippen LogP contribution in [0.4, 0.5) is 0 Å². The summed E-state index contributed by atoms with van der Waals surface area (Å²) < 4.78 is 0. The molecule has 0 spiro atoms. The van der Waals surface area contributed by atoms with Gasteiger partial charge in [0.15, 0.2) is 0 Å². The monoisotopic (exact) mass is 408 g/mol. The minimum Gasteiger partial charge on any atom is -0.337 e. The van der Waals surface area contributed by atoms with E-state index >= 15 is 0 Å². The molecule has 0 saturated heterocycles. The molecule has 1 aliphatic rings. The maximum Gasteiger partial charge on any atom is 0.113 e. The first-order valence-corrected chi connectivity index (χ1v) is 10.6. The maximum atomic E-state index is 4.51. The zero-order chi connectivity index (χ0) is 20.8. The van der Waals surface area contributed by atoms with Crippen LogP contribution in [0.5, 0.6) is 0 Å². The van der Waals surface area contributed by atoms with Crippen LogP contribution in [-0.2, 0) is 13.0 Å². The molecule has 0 saturated carbocycles. The molecule has 30 heavy (non-hydrogen) atoms. The fourth-order valence-corrected chi connectivity index (χ4v) is 3.65. The molecule has 0 amide bonds. The van der Waals surface area contributed by atoms with Crippen molar-refractivity contribution in [2.24, 2.45) is 0 Å². The number of pyridine rings is 1. The van der Waals surface area contributed by atoms with Gasteiger partial charge in [0.05, 0.1) is 10.6 Å². The molecule has 0 radical (unpaired) electrons. The standard InChI is InChI=1S/C26H21N3S/c1-2-26-25-17-23(10-6-9-20-7-4-3-5-8-20)28-18-22(25)15-16-29(26)19-21-11-13-24(30-27)14-12-21/h3-5,7-8,11-18H,1,9,19,27H2/p+1. The average Bonchev–Trinajstić information content (AvgIpc) is 2.80. The van der Waals surface area contributed by atoms with Gasteiger partial charge in [-0.05, 0) is 41.3 Å². The largest absolute Gasteiger partial charge is 0.337 e. The molecular formula is C26H22N3S+. The quantitative estimate of drug-likeness (QED) is 0.392. The minimum absolute atomic E-state index is 0.706. The molecule has 1 aromatic heterocycles. The van der Waals surface area contributed by atoms with E-state index in [0.29, 0.717) is 6.42 Å². The van der Waals surface area contributed by atoms with Crippen LogP contribution in [0.1, 0.15) is 27.9 Å². The Bertz CT molecular complexity index is 1180. The first-order valence-electron chi connectivity index (χ1n) is 9.66. The lowest BCUT2D eigenvalue weighted by Gasteiger charge is -2.27. The van der Waals surface area contributed by atoms with E-state index in [-0.39, 0.29) is 0 Å². The van der Waals surface area contributed by atoms with Gasteiger partial charge in [-0.15, -0.1) is 5.73 Å². The average molecular weight is 409 g/mol. The van der Waals surface area contributed by atoms with Crippen LogP contribution in [0, 0.1) is 11.8 Å². The summed E-state index contributed by atoms with van der Waals surface area (Å²) >= 11 is 1.50. The molecule has 4 rings (SSSR count). The van der Waals surface area contributed by atoms with Crippen molar-refractivity contribution >= 4 is 23.7 Å². The van der Waals surface area contributed by atoms with Crippen molar-refractivity contribution in [3.63, 3.8) is 0 Å². The molecule has 2 aromatic carbocycles. The topological polar surface area (TPSA) is 43.8 Å². The highest BCUT2D eigenvalue weighted by Crippen LogP contribution is 2.30. The molecule has 0 fully saturated rings. The van der Waals surface area contributed by atoms with Gasteiger partial charge in [0.25, 0.3) is 0 Å². The van der Waals surface area contributed by atoms with Crippen molar-refractivity contribution in [3.05, 3.63) is 113 Å². The highest BCUT2D eigenvalue weighted by atomic mass is 32.2. The maximum absolute atomic E-state index is 4.51. The molecule has 1 aliphatic heterocycles. The predicted molar refractivity (Wildman–Crippen MR) is 124 cm³/mol. The minimum atomic E-state index is 0.706. The molecule has 3 N–H and O–H groups in total. The van der Waals surface area contributed by atoms with E-state index in [4.69, 9.17) is 0 Å². The van der Waals surface area contributed by atoms with Crippen LogP contribution in [-0.4, -0.2) is 9.88 Å². The van der Waals surface area contributed by atoms with Crippen molar-refractivity contribution in [1.82, 2.24) is 9.88 Å². The lowest BCUT2D eigenvalue weighted by atomic mass is 10.0. The first-order chi connectivity index (χ1) is 14.8. The lowest BCUT2D eigenvalue weighted by Crippen LogP contribution is -2.35. The van der Waals surface area contributed by atoms with Crippen molar-refractivity contribution < 1.29 is 5.14 Å². The van der Waals surface area contributed by atoms with Gasteiger partial charge in [-0.25, -0.2) is 4.98 Å². The SMILES string of the molecule is C=C=C1c2cc(C#CCc3ccccc3)ncc2C=CN1Cc1ccc(S[NH3+])cc1. The Morgan fingerprint density at radius 3 is 2.57 bits per heavy atom. The summed E-state index contributed by atoms with van der Waals surface area (Å²) in [6.07, 6.45) is 6.71. The number of rotatable bonds is 4. The highest BCUT2D eigenvalue weighted by Gasteiger charge is 2.18. The van der Waals surface area contributed by atoms with Crippen LogP contribution in [0.15, 0.2) is 90.3 Å². The number of aromatic nitrogens is 1. The Kier molecular flexibility index (Phi) is 6.17. The summed E-state index contributed by atoms with van der Waals surface area (Å²) in [5.41, 5.74) is 9.33. The van der Waals surface area contributed by atoms with E-state index in [1.807, 2.05) is 30.5 Å². The second kappa shape index (κ2) is 9.35. The third kappa shape index (κ3) is 4.56. The van der Waals surface area contributed by atoms with E-state index in [0.717, 1.165) is 34.0 Å². The molecule has 0 aliphatic carbocycles. The van der Waals surface area contributed by atoms with Gasteiger partial charge in [0.1, 0.15) is 17.6 Å². The van der Waals surface area contributed by atoms with Crippen molar-refractivity contribution in [2.45, 2.75) is 17.9 Å². The van der Waals surface area contributed by atoms with Gasteiger partial charge in [-0.2, -0.15) is 0 Å². The molecule has 0 atom stereocenters. The molecular weight excluding hydrogens is 386 g/mol. The molecule has 0 unspecified atom stereocenters. The van der Waals surface area contributed by atoms with Crippen LogP contribution < -0.4 is 5.14 Å². The highest BCUT2D eigenvalue weighted by molar-refractivity contribution is 7.92. The van der Waals surface area contributed by atoms with Gasteiger partial charge in [-0.3, -0.25) is 5.14 Å². The molecule has 3 nitrogen and oxygen atoms in total. The van der Waals surface area contributed by atoms with Crippen LogP contribution in [0.2, 0.25) is 0 Å². The van der Waals surface area contributed by atoms with Crippen molar-refractivity contribution in [3.8, 4) is 11.8 Å². The zero-order valence-corrected chi connectivity index (χ0v) is 17.5. The van der Waals surface area contributed by atoms with E-state index in [1.165, 1.54) is 23.1 Å². The second-order valence-electron chi connectivity index (χ2n) is 6.88. The third-order valence-corrected chi connectivity index (χ3v) is 5.48. The van der Waals surface area contributed by atoms with Gasteiger partial charge in [-0.1, -0.05) is 55.0 Å². The summed E-state index contributed by atoms with van der Waals surface area (Å²) in [5, 5.41) is 3.85. The fraction of sp³-hybridized carbons (Fsp3) is 0.0769. The number of benzene rings is 2. The summed E-state index contributed by atoms with van der Waals surface area (Å²) in [6.45, 7) is 4.67. The Morgan fingerprint density at radius 2 is 1.83 bits per heavy atom. The van der Waals surface area contributed by atoms with Crippen molar-refractivity contribution in [2.75, 3.05) is 0 Å². The molecule has 146 valence electrons. The number of fused-ring (bicyclic) bond motifs is 1. The predicted octanol–water partition coefficient (Wildman–Crippen LogP) is 4.54. The van der Waals surface area contributed by atoms with Crippen LogP contribution >= 0.6 is 11.9 Å². The summed E-state index contributed by atoms with van der Waals surface area (Å²) in [6, 6.07) is 20.7. The number of quaternary nitrogens is 1. The Labute approximate surface area is 181 Å². The van der Waals surface area contributed by atoms with Crippen LogP contribution in [0.3, 0.4) is 0 Å². The van der Waals surface area contributed by atoms with E-state index < -0.39 is 0 Å².